The van der Waals surface area contributed by atoms with Gasteiger partial charge in [0.1, 0.15) is 5.76 Å². The fourth-order valence-corrected chi connectivity index (χ4v) is 2.05. The number of hydrogen-bond donors (Lipinski definition) is 1. The van der Waals surface area contributed by atoms with E-state index >= 15 is 0 Å². The second kappa shape index (κ2) is 7.00. The summed E-state index contributed by atoms with van der Waals surface area (Å²) in [6.07, 6.45) is 2.58. The molecule has 0 amide bonds. The van der Waals surface area contributed by atoms with E-state index in [1.54, 1.807) is 6.26 Å². The maximum atomic E-state index is 5.49. The molecule has 0 saturated heterocycles. The van der Waals surface area contributed by atoms with Gasteiger partial charge in [0.2, 0.25) is 0 Å². The Morgan fingerprint density at radius 1 is 1.21 bits per heavy atom. The Kier molecular flexibility index (Phi) is 5.04. The highest BCUT2D eigenvalue weighted by molar-refractivity contribution is 5.51. The molecular weight excluding hydrogens is 238 g/mol. The Hall–Kier alpha value is -1.74. The predicted octanol–water partition coefficient (Wildman–Crippen LogP) is 3.86. The molecule has 1 aromatic heterocycles. The van der Waals surface area contributed by atoms with Crippen molar-refractivity contribution in [1.82, 2.24) is 0 Å². The minimum absolute atomic E-state index is 0.314. The number of furan rings is 1. The highest BCUT2D eigenvalue weighted by Gasteiger charge is 2.08. The third-order valence-corrected chi connectivity index (χ3v) is 2.97. The fourth-order valence-electron chi connectivity index (χ4n) is 2.05. The molecule has 2 aromatic rings. The Labute approximate surface area is 114 Å². The monoisotopic (exact) mass is 259 g/mol. The second-order valence-electron chi connectivity index (χ2n) is 4.62. The van der Waals surface area contributed by atoms with E-state index in [0.717, 1.165) is 24.5 Å². The van der Waals surface area contributed by atoms with E-state index in [0.29, 0.717) is 12.6 Å². The van der Waals surface area contributed by atoms with Crippen LogP contribution in [-0.4, -0.2) is 12.6 Å². The van der Waals surface area contributed by atoms with Gasteiger partial charge in [0.05, 0.1) is 12.9 Å². The second-order valence-corrected chi connectivity index (χ2v) is 4.62. The van der Waals surface area contributed by atoms with Crippen molar-refractivity contribution < 1.29 is 9.15 Å². The lowest BCUT2D eigenvalue weighted by Gasteiger charge is -2.17. The summed E-state index contributed by atoms with van der Waals surface area (Å²) in [5.41, 5.74) is 2.32. The van der Waals surface area contributed by atoms with Crippen LogP contribution in [0.3, 0.4) is 0 Å². The summed E-state index contributed by atoms with van der Waals surface area (Å²) in [5, 5.41) is 3.52. The third-order valence-electron chi connectivity index (χ3n) is 2.97. The van der Waals surface area contributed by atoms with Gasteiger partial charge in [-0.2, -0.15) is 0 Å². The van der Waals surface area contributed by atoms with Crippen molar-refractivity contribution in [1.29, 1.82) is 0 Å². The third kappa shape index (κ3) is 4.14. The lowest BCUT2D eigenvalue weighted by atomic mass is 10.1. The van der Waals surface area contributed by atoms with Crippen LogP contribution >= 0.6 is 0 Å². The summed E-state index contributed by atoms with van der Waals surface area (Å²) < 4.78 is 10.9. The first-order chi connectivity index (χ1) is 9.29. The molecule has 1 unspecified atom stereocenters. The molecule has 0 aliphatic carbocycles. The average molecular weight is 259 g/mol. The van der Waals surface area contributed by atoms with Crippen LogP contribution in [0.15, 0.2) is 47.1 Å². The highest BCUT2D eigenvalue weighted by Crippen LogP contribution is 2.18. The van der Waals surface area contributed by atoms with Gasteiger partial charge in [-0.15, -0.1) is 0 Å². The smallest absolute Gasteiger partial charge is 0.105 e. The van der Waals surface area contributed by atoms with Crippen molar-refractivity contribution in [2.24, 2.45) is 0 Å². The normalized spacial score (nSPS) is 12.3. The summed E-state index contributed by atoms with van der Waals surface area (Å²) in [7, 11) is 0. The molecule has 0 radical (unpaired) electrons. The van der Waals surface area contributed by atoms with Crippen molar-refractivity contribution in [2.75, 3.05) is 11.9 Å². The Bertz CT molecular complexity index is 479. The zero-order valence-electron chi connectivity index (χ0n) is 11.6. The number of nitrogens with one attached hydrogen (secondary N) is 1. The van der Waals surface area contributed by atoms with Gasteiger partial charge in [0.25, 0.3) is 0 Å². The number of hydrogen-bond acceptors (Lipinski definition) is 3. The molecule has 0 aliphatic rings. The molecule has 19 heavy (non-hydrogen) atoms. The van der Waals surface area contributed by atoms with Gasteiger partial charge < -0.3 is 14.5 Å². The Morgan fingerprint density at radius 3 is 2.79 bits per heavy atom. The molecule has 1 heterocycles. The number of para-hydroxylation sites is 1. The van der Waals surface area contributed by atoms with E-state index in [9.17, 15) is 0 Å². The van der Waals surface area contributed by atoms with Crippen molar-refractivity contribution in [2.45, 2.75) is 32.9 Å². The molecule has 0 bridgehead atoms. The van der Waals surface area contributed by atoms with E-state index in [4.69, 9.17) is 9.15 Å². The van der Waals surface area contributed by atoms with Crippen LogP contribution in [0.5, 0.6) is 0 Å². The van der Waals surface area contributed by atoms with E-state index < -0.39 is 0 Å². The average Bonchev–Trinajstić information content (AvgIpc) is 2.90. The van der Waals surface area contributed by atoms with Gasteiger partial charge in [0, 0.05) is 30.3 Å². The molecule has 0 fully saturated rings. The SMILES string of the molecule is CCOCc1ccccc1NC(C)Cc1ccco1. The van der Waals surface area contributed by atoms with E-state index in [-0.39, 0.29) is 0 Å². The Morgan fingerprint density at radius 2 is 2.05 bits per heavy atom. The topological polar surface area (TPSA) is 34.4 Å². The maximum Gasteiger partial charge on any atom is 0.105 e. The summed E-state index contributed by atoms with van der Waals surface area (Å²) in [4.78, 5) is 0. The predicted molar refractivity (Wildman–Crippen MR) is 77.3 cm³/mol. The van der Waals surface area contributed by atoms with Crippen molar-refractivity contribution in [3.05, 3.63) is 54.0 Å². The molecule has 1 atom stereocenters. The zero-order chi connectivity index (χ0) is 13.5. The minimum atomic E-state index is 0.314. The summed E-state index contributed by atoms with van der Waals surface area (Å²) >= 11 is 0. The van der Waals surface area contributed by atoms with E-state index in [1.165, 1.54) is 5.56 Å². The van der Waals surface area contributed by atoms with Crippen LogP contribution in [0.25, 0.3) is 0 Å². The molecular formula is C16H21NO2. The van der Waals surface area contributed by atoms with Crippen LogP contribution in [0.4, 0.5) is 5.69 Å². The largest absolute Gasteiger partial charge is 0.469 e. The molecule has 3 heteroatoms. The lowest BCUT2D eigenvalue weighted by Crippen LogP contribution is -2.18. The summed E-state index contributed by atoms with van der Waals surface area (Å²) in [6.45, 7) is 5.54. The molecule has 102 valence electrons. The molecule has 0 spiro atoms. The van der Waals surface area contributed by atoms with Crippen LogP contribution < -0.4 is 5.32 Å². The first-order valence-corrected chi connectivity index (χ1v) is 6.74. The molecule has 3 nitrogen and oxygen atoms in total. The molecule has 1 N–H and O–H groups in total. The summed E-state index contributed by atoms with van der Waals surface area (Å²) in [6, 6.07) is 12.5. The lowest BCUT2D eigenvalue weighted by molar-refractivity contribution is 0.134. The van der Waals surface area contributed by atoms with E-state index in [1.807, 2.05) is 31.2 Å². The van der Waals surface area contributed by atoms with Crippen molar-refractivity contribution in [3.63, 3.8) is 0 Å². The van der Waals surface area contributed by atoms with Gasteiger partial charge in [-0.3, -0.25) is 0 Å². The maximum absolute atomic E-state index is 5.49. The number of rotatable bonds is 7. The number of anilines is 1. The van der Waals surface area contributed by atoms with Crippen LogP contribution in [-0.2, 0) is 17.8 Å². The first-order valence-electron chi connectivity index (χ1n) is 6.74. The van der Waals surface area contributed by atoms with Crippen molar-refractivity contribution >= 4 is 5.69 Å². The van der Waals surface area contributed by atoms with Crippen LogP contribution in [0, 0.1) is 0 Å². The van der Waals surface area contributed by atoms with Crippen molar-refractivity contribution in [3.8, 4) is 0 Å². The Balaban J connectivity index is 1.97. The van der Waals surface area contributed by atoms with Crippen LogP contribution in [0.2, 0.25) is 0 Å². The highest BCUT2D eigenvalue weighted by atomic mass is 16.5. The van der Waals surface area contributed by atoms with Gasteiger partial charge in [-0.1, -0.05) is 18.2 Å². The standard InChI is InChI=1S/C16H21NO2/c1-3-18-12-14-7-4-5-9-16(14)17-13(2)11-15-8-6-10-19-15/h4-10,13,17H,3,11-12H2,1-2H3. The zero-order valence-corrected chi connectivity index (χ0v) is 11.6. The molecule has 0 aliphatic heterocycles. The van der Waals surface area contributed by atoms with E-state index in [2.05, 4.69) is 24.4 Å². The summed E-state index contributed by atoms with van der Waals surface area (Å²) in [5.74, 6) is 1.00. The molecule has 2 rings (SSSR count). The van der Waals surface area contributed by atoms with Gasteiger partial charge >= 0.3 is 0 Å². The first kappa shape index (κ1) is 13.7. The molecule has 1 aromatic carbocycles. The fraction of sp³-hybridized carbons (Fsp3) is 0.375. The minimum Gasteiger partial charge on any atom is -0.469 e. The quantitative estimate of drug-likeness (QED) is 0.820. The number of ether oxygens (including phenoxy) is 1. The van der Waals surface area contributed by atoms with Gasteiger partial charge in [-0.25, -0.2) is 0 Å². The van der Waals surface area contributed by atoms with Gasteiger partial charge in [-0.05, 0) is 32.0 Å². The van der Waals surface area contributed by atoms with Crippen LogP contribution in [0.1, 0.15) is 25.2 Å². The number of benzene rings is 1. The van der Waals surface area contributed by atoms with Gasteiger partial charge in [0.15, 0.2) is 0 Å². The molecule has 0 saturated carbocycles.